The maximum absolute atomic E-state index is 14.0. The number of allylic oxidation sites excluding steroid dienone is 7. The summed E-state index contributed by atoms with van der Waals surface area (Å²) in [5, 5.41) is 7.16. The van der Waals surface area contributed by atoms with Crippen molar-refractivity contribution in [3.05, 3.63) is 125 Å². The number of ether oxygens (including phenoxy) is 3. The lowest BCUT2D eigenvalue weighted by Crippen LogP contribution is -2.38. The third-order valence-electron chi connectivity index (χ3n) is 12.7. The minimum absolute atomic E-state index is 0.0415. The van der Waals surface area contributed by atoms with Crippen LogP contribution in [0.5, 0.6) is 5.75 Å². The van der Waals surface area contributed by atoms with Gasteiger partial charge in [-0.1, -0.05) is 53.8 Å². The molecule has 0 bridgehead atoms. The van der Waals surface area contributed by atoms with Crippen LogP contribution in [0.15, 0.2) is 118 Å². The van der Waals surface area contributed by atoms with E-state index in [1.165, 1.54) is 0 Å². The Morgan fingerprint density at radius 3 is 1.79 bits per heavy atom. The third-order valence-corrected chi connectivity index (χ3v) is 18.4. The first-order valence-electron chi connectivity index (χ1n) is 26.0. The molecule has 0 spiro atoms. The van der Waals surface area contributed by atoms with Gasteiger partial charge >= 0.3 is 0 Å². The molecule has 0 radical (unpaired) electrons. The number of rotatable bonds is 24. The second-order valence-corrected chi connectivity index (χ2v) is 26.0. The molecular weight excluding hydrogens is 1020 g/mol. The lowest BCUT2D eigenvalue weighted by atomic mass is 9.97. The zero-order valence-electron chi connectivity index (χ0n) is 45.6. The van der Waals surface area contributed by atoms with E-state index in [1.54, 1.807) is 47.4 Å². The summed E-state index contributed by atoms with van der Waals surface area (Å²) in [6.45, 7) is 14.7. The summed E-state index contributed by atoms with van der Waals surface area (Å²) in [6, 6.07) is 11.2. The largest absolute Gasteiger partial charge is 0.497 e. The van der Waals surface area contributed by atoms with Gasteiger partial charge in [-0.2, -0.15) is 0 Å². The molecule has 0 saturated heterocycles. The second-order valence-electron chi connectivity index (χ2n) is 18.7. The summed E-state index contributed by atoms with van der Waals surface area (Å²) in [6.07, 6.45) is 18.6. The van der Waals surface area contributed by atoms with Crippen LogP contribution in [-0.2, 0) is 43.3 Å². The molecule has 2 N–H and O–H groups in total. The van der Waals surface area contributed by atoms with Crippen molar-refractivity contribution in [2.24, 2.45) is 27.7 Å². The van der Waals surface area contributed by atoms with E-state index < -0.39 is 22.1 Å². The molecule has 2 aromatic rings. The maximum Gasteiger partial charge on any atom is 0.247 e. The Labute approximate surface area is 451 Å². The van der Waals surface area contributed by atoms with E-state index in [0.717, 1.165) is 46.9 Å². The summed E-state index contributed by atoms with van der Waals surface area (Å²) < 4.78 is 74.9. The molecule has 18 heteroatoms. The van der Waals surface area contributed by atoms with E-state index in [1.807, 2.05) is 87.6 Å². The molecule has 406 valence electrons. The maximum atomic E-state index is 14.0. The third kappa shape index (κ3) is 18.8. The van der Waals surface area contributed by atoms with Crippen LogP contribution in [0, 0.1) is 53.3 Å². The normalized spacial score (nSPS) is 21.4. The predicted octanol–water partition coefficient (Wildman–Crippen LogP) is 9.55. The van der Waals surface area contributed by atoms with E-state index in [0.29, 0.717) is 99.5 Å². The Balaban J connectivity index is 1.23. The molecule has 1 aromatic carbocycles. The molecule has 0 fully saturated rings. The van der Waals surface area contributed by atoms with Crippen LogP contribution in [0.4, 0.5) is 0 Å². The van der Waals surface area contributed by atoms with Crippen LogP contribution in [0.1, 0.15) is 63.3 Å². The van der Waals surface area contributed by atoms with Crippen molar-refractivity contribution < 1.29 is 41.5 Å². The van der Waals surface area contributed by atoms with Crippen molar-refractivity contribution in [3.8, 4) is 41.3 Å². The smallest absolute Gasteiger partial charge is 0.247 e. The standard InChI is InChI=1S/C58H75N6O9P3/c1-10-71-74(7,65)56-38-47(16-13-44-19-25-53(68-4)26-20-44)35-50(61-56)41-59-31-33-64(43-52-37-49(40-58(63-52)76(9,67)73-12-3)18-15-46-23-29-55(70-6)30-24-46)34-32-60-42-51-36-48(39-57(62-51)75(8,66)72-11-2)17-14-45-21-27-54(69-5)28-22-45/h19-21,23-25,27-30,35-37,40,45,47-48,53,59-60H,10-12,22,26,31-34,38-39,41-43H2,1-9H3. The number of nitrogens with one attached hydrogen (secondary N) is 2. The molecule has 15 nitrogen and oxygen atoms in total. The monoisotopic (exact) mass is 1090 g/mol. The van der Waals surface area contributed by atoms with Gasteiger partial charge in [0, 0.05) is 120 Å². The number of hydrogen-bond donors (Lipinski definition) is 2. The van der Waals surface area contributed by atoms with Gasteiger partial charge in [0.15, 0.2) is 0 Å². The minimum Gasteiger partial charge on any atom is -0.497 e. The number of aromatic nitrogens is 1. The summed E-state index contributed by atoms with van der Waals surface area (Å²) in [5.74, 6) is 21.3. The highest BCUT2D eigenvalue weighted by Crippen LogP contribution is 2.49. The predicted molar refractivity (Wildman–Crippen MR) is 307 cm³/mol. The molecule has 76 heavy (non-hydrogen) atoms. The average Bonchev–Trinajstić information content (AvgIpc) is 3.42. The summed E-state index contributed by atoms with van der Waals surface area (Å²) in [4.78, 5) is 16.9. The summed E-state index contributed by atoms with van der Waals surface area (Å²) >= 11 is 0. The molecule has 0 amide bonds. The van der Waals surface area contributed by atoms with Crippen LogP contribution < -0.4 is 20.8 Å². The molecule has 2 aliphatic heterocycles. The topological polar surface area (TPSA) is 171 Å². The van der Waals surface area contributed by atoms with Gasteiger partial charge in [-0.25, -0.2) is 4.98 Å². The van der Waals surface area contributed by atoms with E-state index in [2.05, 4.69) is 63.2 Å². The van der Waals surface area contributed by atoms with Crippen molar-refractivity contribution >= 4 is 38.4 Å². The van der Waals surface area contributed by atoms with Crippen LogP contribution in [0.2, 0.25) is 0 Å². The van der Waals surface area contributed by atoms with Gasteiger partial charge in [-0.15, -0.1) is 0 Å². The van der Waals surface area contributed by atoms with Crippen LogP contribution in [0.25, 0.3) is 0 Å². The van der Waals surface area contributed by atoms with Crippen LogP contribution >= 0.6 is 22.1 Å². The highest BCUT2D eigenvalue weighted by molar-refractivity contribution is 7.76. The Bertz CT molecular complexity index is 2960. The first-order valence-corrected chi connectivity index (χ1v) is 32.2. The van der Waals surface area contributed by atoms with E-state index in [9.17, 15) is 13.7 Å². The zero-order valence-corrected chi connectivity index (χ0v) is 48.3. The van der Waals surface area contributed by atoms with Gasteiger partial charge in [0.2, 0.25) is 22.1 Å². The van der Waals surface area contributed by atoms with E-state index >= 15 is 0 Å². The van der Waals surface area contributed by atoms with E-state index in [-0.39, 0.29) is 30.5 Å². The Morgan fingerprint density at radius 2 is 1.25 bits per heavy atom. The van der Waals surface area contributed by atoms with Crippen molar-refractivity contribution in [1.82, 2.24) is 20.5 Å². The number of hydrogen-bond acceptors (Lipinski definition) is 15. The Morgan fingerprint density at radius 1 is 0.658 bits per heavy atom. The summed E-state index contributed by atoms with van der Waals surface area (Å²) in [7, 11) is -4.63. The first-order chi connectivity index (χ1) is 36.5. The van der Waals surface area contributed by atoms with Crippen LogP contribution in [0.3, 0.4) is 0 Å². The Hall–Kier alpha value is -5.16. The van der Waals surface area contributed by atoms with Crippen LogP contribution in [-0.4, -0.2) is 127 Å². The van der Waals surface area contributed by atoms with Gasteiger partial charge in [0.1, 0.15) is 27.8 Å². The van der Waals surface area contributed by atoms with Crippen molar-refractivity contribution in [2.75, 3.05) is 100 Å². The van der Waals surface area contributed by atoms with Crippen molar-refractivity contribution in [1.29, 1.82) is 0 Å². The van der Waals surface area contributed by atoms with Gasteiger partial charge in [-0.05, 0) is 100 Å². The molecule has 4 aliphatic rings. The molecule has 7 atom stereocenters. The molecule has 1 aromatic heterocycles. The van der Waals surface area contributed by atoms with Crippen molar-refractivity contribution in [3.63, 3.8) is 0 Å². The SMILES string of the molecule is CCOP(C)(=O)C1=NC(CNCCN(CCNCC2=CC(C#CC3C=CC(OC)=CC3)CC(P(C)(=O)OCC)=N2)Cc2cc(C#Cc3ccc(OC)cc3)cc(P(C)(=O)OCC)n2)=CC(C#CC2=CCC(OC)C=C2)C1. The fourth-order valence-corrected chi connectivity index (χ4v) is 12.9. The lowest BCUT2D eigenvalue weighted by molar-refractivity contribution is 0.142. The minimum atomic E-state index is -3.30. The molecule has 3 heterocycles. The first kappa shape index (κ1) is 60.1. The second kappa shape index (κ2) is 29.5. The number of aliphatic imine (C=N–C) groups is 2. The highest BCUT2D eigenvalue weighted by atomic mass is 31.2. The van der Waals surface area contributed by atoms with Crippen molar-refractivity contribution in [2.45, 2.75) is 59.1 Å². The lowest BCUT2D eigenvalue weighted by Gasteiger charge is -2.25. The zero-order chi connectivity index (χ0) is 54.6. The number of nitrogens with zero attached hydrogens (tertiary/aromatic N) is 4. The fourth-order valence-electron chi connectivity index (χ4n) is 8.60. The molecule has 7 unspecified atom stereocenters. The summed E-state index contributed by atoms with van der Waals surface area (Å²) in [5.41, 5.74) is 5.94. The average molecular weight is 1090 g/mol. The highest BCUT2D eigenvalue weighted by Gasteiger charge is 2.31. The molecular formula is C58H75N6O9P3. The fraction of sp³-hybridized carbons (Fsp3) is 0.466. The van der Waals surface area contributed by atoms with Gasteiger partial charge in [-0.3, -0.25) is 28.6 Å². The number of pyridine rings is 1. The van der Waals surface area contributed by atoms with Gasteiger partial charge < -0.3 is 38.4 Å². The van der Waals surface area contributed by atoms with Gasteiger partial charge in [0.05, 0.1) is 57.2 Å². The quantitative estimate of drug-likeness (QED) is 0.0579. The Kier molecular flexibility index (Phi) is 23.4. The van der Waals surface area contributed by atoms with E-state index in [4.69, 9.17) is 42.8 Å². The number of methoxy groups -OCH3 is 3. The molecule has 6 rings (SSSR count). The molecule has 2 aliphatic carbocycles. The number of benzene rings is 1. The molecule has 0 saturated carbocycles. The van der Waals surface area contributed by atoms with Gasteiger partial charge in [0.25, 0.3) is 0 Å².